The lowest BCUT2D eigenvalue weighted by Gasteiger charge is -2.52. The minimum atomic E-state index is -0.0573. The molecule has 1 aliphatic rings. The van der Waals surface area contributed by atoms with Gasteiger partial charge in [-0.05, 0) is 38.0 Å². The maximum absolute atomic E-state index is 11.8. The van der Waals surface area contributed by atoms with Gasteiger partial charge in [-0.1, -0.05) is 19.9 Å². The van der Waals surface area contributed by atoms with E-state index in [-0.39, 0.29) is 11.3 Å². The molecule has 1 aromatic rings. The normalized spacial score (nSPS) is 23.3. The van der Waals surface area contributed by atoms with E-state index in [2.05, 4.69) is 31.4 Å². The van der Waals surface area contributed by atoms with Gasteiger partial charge >= 0.3 is 0 Å². The van der Waals surface area contributed by atoms with Crippen LogP contribution in [0, 0.1) is 12.3 Å². The summed E-state index contributed by atoms with van der Waals surface area (Å²) >= 11 is 0. The second-order valence-electron chi connectivity index (χ2n) is 6.31. The summed E-state index contributed by atoms with van der Waals surface area (Å²) in [6.07, 6.45) is 1.31. The molecule has 0 bridgehead atoms. The lowest BCUT2D eigenvalue weighted by Crippen LogP contribution is -2.58. The molecule has 4 nitrogen and oxygen atoms in total. The van der Waals surface area contributed by atoms with Crippen LogP contribution in [0.25, 0.3) is 0 Å². The van der Waals surface area contributed by atoms with Crippen LogP contribution in [0.5, 0.6) is 0 Å². The summed E-state index contributed by atoms with van der Waals surface area (Å²) in [5.41, 5.74) is 2.97. The third kappa shape index (κ3) is 3.05. The Morgan fingerprint density at radius 1 is 1.43 bits per heavy atom. The first-order chi connectivity index (χ1) is 9.90. The van der Waals surface area contributed by atoms with Crippen molar-refractivity contribution in [2.45, 2.75) is 46.3 Å². The lowest BCUT2D eigenvalue weighted by atomic mass is 9.64. The van der Waals surface area contributed by atoms with Crippen molar-refractivity contribution in [3.05, 3.63) is 29.3 Å². The SMILES string of the molecule is CCOC1CC(Nc2cc(C(=O)NC)ccc2C)C1(C)C. The number of aryl methyl sites for hydroxylation is 1. The van der Waals surface area contributed by atoms with Crippen LogP contribution in [0.15, 0.2) is 18.2 Å². The van der Waals surface area contributed by atoms with Gasteiger partial charge in [0.1, 0.15) is 0 Å². The van der Waals surface area contributed by atoms with Gasteiger partial charge < -0.3 is 15.4 Å². The van der Waals surface area contributed by atoms with Gasteiger partial charge in [-0.25, -0.2) is 0 Å². The molecule has 1 amide bonds. The molecular formula is C17H26N2O2. The molecule has 2 atom stereocenters. The number of amides is 1. The second-order valence-corrected chi connectivity index (χ2v) is 6.31. The Kier molecular flexibility index (Phi) is 4.57. The summed E-state index contributed by atoms with van der Waals surface area (Å²) in [5, 5.41) is 6.25. The van der Waals surface area contributed by atoms with E-state index in [1.54, 1.807) is 7.05 Å². The van der Waals surface area contributed by atoms with Crippen molar-refractivity contribution < 1.29 is 9.53 Å². The van der Waals surface area contributed by atoms with Gasteiger partial charge in [0.25, 0.3) is 5.91 Å². The number of anilines is 1. The molecule has 1 aliphatic carbocycles. The van der Waals surface area contributed by atoms with Crippen LogP contribution in [0.2, 0.25) is 0 Å². The Bertz CT molecular complexity index is 526. The van der Waals surface area contributed by atoms with Crippen molar-refractivity contribution in [1.29, 1.82) is 0 Å². The molecule has 2 unspecified atom stereocenters. The summed E-state index contributed by atoms with van der Waals surface area (Å²) in [5.74, 6) is -0.0573. The standard InChI is InChI=1S/C17H26N2O2/c1-6-21-15-10-14(17(15,3)4)19-13-9-12(16(20)18-5)8-7-11(13)2/h7-9,14-15,19H,6,10H2,1-5H3,(H,18,20). The zero-order valence-electron chi connectivity index (χ0n) is 13.6. The van der Waals surface area contributed by atoms with Crippen LogP contribution < -0.4 is 10.6 Å². The zero-order chi connectivity index (χ0) is 15.6. The second kappa shape index (κ2) is 6.06. The van der Waals surface area contributed by atoms with Crippen LogP contribution in [-0.4, -0.2) is 31.7 Å². The topological polar surface area (TPSA) is 50.4 Å². The highest BCUT2D eigenvalue weighted by Gasteiger charge is 2.48. The number of carbonyl (C=O) groups is 1. The Balaban J connectivity index is 2.12. The minimum absolute atomic E-state index is 0.0573. The molecule has 0 aliphatic heterocycles. The van der Waals surface area contributed by atoms with Crippen molar-refractivity contribution in [1.82, 2.24) is 5.32 Å². The molecule has 1 fully saturated rings. The number of rotatable bonds is 5. The van der Waals surface area contributed by atoms with E-state index in [0.717, 1.165) is 24.3 Å². The predicted molar refractivity (Wildman–Crippen MR) is 85.8 cm³/mol. The van der Waals surface area contributed by atoms with Crippen molar-refractivity contribution in [2.75, 3.05) is 19.0 Å². The summed E-state index contributed by atoms with van der Waals surface area (Å²) in [4.78, 5) is 11.8. The molecule has 0 aromatic heterocycles. The molecule has 0 heterocycles. The van der Waals surface area contributed by atoms with Gasteiger partial charge in [-0.2, -0.15) is 0 Å². The quantitative estimate of drug-likeness (QED) is 0.876. The van der Waals surface area contributed by atoms with Crippen LogP contribution in [0.4, 0.5) is 5.69 Å². The van der Waals surface area contributed by atoms with Crippen LogP contribution >= 0.6 is 0 Å². The molecule has 2 N–H and O–H groups in total. The summed E-state index contributed by atoms with van der Waals surface area (Å²) < 4.78 is 5.77. The summed E-state index contributed by atoms with van der Waals surface area (Å²) in [6, 6.07) is 6.14. The fourth-order valence-corrected chi connectivity index (χ4v) is 2.87. The van der Waals surface area contributed by atoms with E-state index in [4.69, 9.17) is 4.74 Å². The van der Waals surface area contributed by atoms with E-state index in [9.17, 15) is 4.79 Å². The number of carbonyl (C=O) groups excluding carboxylic acids is 1. The number of nitrogens with one attached hydrogen (secondary N) is 2. The first kappa shape index (κ1) is 15.8. The van der Waals surface area contributed by atoms with E-state index in [1.165, 1.54) is 0 Å². The van der Waals surface area contributed by atoms with E-state index < -0.39 is 0 Å². The fraction of sp³-hybridized carbons (Fsp3) is 0.588. The zero-order valence-corrected chi connectivity index (χ0v) is 13.6. The number of ether oxygens (including phenoxy) is 1. The molecule has 1 saturated carbocycles. The van der Waals surface area contributed by atoms with Crippen LogP contribution in [0.1, 0.15) is 43.1 Å². The fourth-order valence-electron chi connectivity index (χ4n) is 2.87. The maximum Gasteiger partial charge on any atom is 0.251 e. The van der Waals surface area contributed by atoms with Crippen molar-refractivity contribution in [2.24, 2.45) is 5.41 Å². The smallest absolute Gasteiger partial charge is 0.251 e. The average molecular weight is 290 g/mol. The molecule has 4 heteroatoms. The van der Waals surface area contributed by atoms with Crippen LogP contribution in [-0.2, 0) is 4.74 Å². The lowest BCUT2D eigenvalue weighted by molar-refractivity contribution is -0.0976. The molecule has 0 radical (unpaired) electrons. The largest absolute Gasteiger partial charge is 0.381 e. The van der Waals surface area contributed by atoms with Crippen LogP contribution in [0.3, 0.4) is 0 Å². The maximum atomic E-state index is 11.8. The Labute approximate surface area is 127 Å². The Hall–Kier alpha value is -1.55. The third-order valence-electron chi connectivity index (χ3n) is 4.60. The molecule has 0 spiro atoms. The van der Waals surface area contributed by atoms with Gasteiger partial charge in [0.2, 0.25) is 0 Å². The van der Waals surface area contributed by atoms with Crippen molar-refractivity contribution in [3.63, 3.8) is 0 Å². The minimum Gasteiger partial charge on any atom is -0.381 e. The van der Waals surface area contributed by atoms with Gasteiger partial charge in [-0.3, -0.25) is 4.79 Å². The van der Waals surface area contributed by atoms with Gasteiger partial charge in [0, 0.05) is 36.4 Å². The highest BCUT2D eigenvalue weighted by Crippen LogP contribution is 2.44. The molecule has 0 saturated heterocycles. The average Bonchev–Trinajstić information content (AvgIpc) is 2.47. The van der Waals surface area contributed by atoms with Gasteiger partial charge in [0.05, 0.1) is 6.10 Å². The summed E-state index contributed by atoms with van der Waals surface area (Å²) in [6.45, 7) is 9.31. The van der Waals surface area contributed by atoms with E-state index in [0.29, 0.717) is 17.7 Å². The summed E-state index contributed by atoms with van der Waals surface area (Å²) in [7, 11) is 1.65. The van der Waals surface area contributed by atoms with Crippen molar-refractivity contribution >= 4 is 11.6 Å². The third-order valence-corrected chi connectivity index (χ3v) is 4.60. The molecule has 116 valence electrons. The van der Waals surface area contributed by atoms with E-state index >= 15 is 0 Å². The highest BCUT2D eigenvalue weighted by atomic mass is 16.5. The van der Waals surface area contributed by atoms with Gasteiger partial charge in [-0.15, -0.1) is 0 Å². The Morgan fingerprint density at radius 2 is 2.14 bits per heavy atom. The van der Waals surface area contributed by atoms with Crippen molar-refractivity contribution in [3.8, 4) is 0 Å². The number of hydrogen-bond acceptors (Lipinski definition) is 3. The Morgan fingerprint density at radius 3 is 2.71 bits per heavy atom. The highest BCUT2D eigenvalue weighted by molar-refractivity contribution is 5.95. The monoisotopic (exact) mass is 290 g/mol. The first-order valence-corrected chi connectivity index (χ1v) is 7.61. The van der Waals surface area contributed by atoms with Gasteiger partial charge in [0.15, 0.2) is 0 Å². The number of benzene rings is 1. The predicted octanol–water partition coefficient (Wildman–Crippen LogP) is 2.97. The number of hydrogen-bond donors (Lipinski definition) is 2. The molecular weight excluding hydrogens is 264 g/mol. The molecule has 2 rings (SSSR count). The molecule has 1 aromatic carbocycles. The van der Waals surface area contributed by atoms with E-state index in [1.807, 2.05) is 25.1 Å². The first-order valence-electron chi connectivity index (χ1n) is 7.61. The molecule has 21 heavy (non-hydrogen) atoms.